The molecule has 0 aromatic heterocycles. The second kappa shape index (κ2) is 6.13. The van der Waals surface area contributed by atoms with Gasteiger partial charge in [0.2, 0.25) is 5.69 Å². The van der Waals surface area contributed by atoms with Crippen molar-refractivity contribution in [3.63, 3.8) is 0 Å². The van der Waals surface area contributed by atoms with Crippen LogP contribution in [0.2, 0.25) is 0 Å². The second-order valence-electron chi connectivity index (χ2n) is 6.85. The molecule has 0 unspecified atom stereocenters. The van der Waals surface area contributed by atoms with Crippen LogP contribution >= 0.6 is 0 Å². The zero-order valence-electron chi connectivity index (χ0n) is 14.2. The summed E-state index contributed by atoms with van der Waals surface area (Å²) < 4.78 is 2.50. The van der Waals surface area contributed by atoms with E-state index in [0.29, 0.717) is 0 Å². The Morgan fingerprint density at radius 1 is 1.05 bits per heavy atom. The Labute approximate surface area is 144 Å². The maximum absolute atomic E-state index is 2.50. The van der Waals surface area contributed by atoms with E-state index in [-0.39, 0.29) is 22.4 Å². The summed E-state index contributed by atoms with van der Waals surface area (Å²) in [5.41, 5.74) is 4.42. The molecular formula is C19H25BrN2. The van der Waals surface area contributed by atoms with Crippen molar-refractivity contribution in [1.29, 1.82) is 0 Å². The molecule has 0 radical (unpaired) electrons. The van der Waals surface area contributed by atoms with Crippen LogP contribution in [0.25, 0.3) is 10.8 Å². The van der Waals surface area contributed by atoms with Crippen molar-refractivity contribution in [2.45, 2.75) is 26.2 Å². The minimum absolute atomic E-state index is 0. The van der Waals surface area contributed by atoms with Gasteiger partial charge in [-0.15, -0.1) is 0 Å². The Kier molecular flexibility index (Phi) is 4.78. The van der Waals surface area contributed by atoms with Crippen LogP contribution in [0.1, 0.15) is 26.3 Å². The van der Waals surface area contributed by atoms with Gasteiger partial charge in [-0.2, -0.15) is 4.58 Å². The Bertz CT molecular complexity index is 729. The van der Waals surface area contributed by atoms with Gasteiger partial charge in [-0.3, -0.25) is 0 Å². The fourth-order valence-corrected chi connectivity index (χ4v) is 3.43. The van der Waals surface area contributed by atoms with E-state index in [1.807, 2.05) is 0 Å². The summed E-state index contributed by atoms with van der Waals surface area (Å²) in [6.45, 7) is 9.10. The summed E-state index contributed by atoms with van der Waals surface area (Å²) in [6, 6.07) is 13.3. The van der Waals surface area contributed by atoms with Crippen LogP contribution in [0, 0.1) is 0 Å². The van der Waals surface area contributed by atoms with E-state index in [0.717, 1.165) is 13.1 Å². The number of likely N-dealkylation sites (N-methyl/N-ethyl adjacent to an activating group) is 1. The van der Waals surface area contributed by atoms with Crippen molar-refractivity contribution in [2.24, 2.45) is 0 Å². The van der Waals surface area contributed by atoms with E-state index < -0.39 is 0 Å². The molecular weight excluding hydrogens is 336 g/mol. The van der Waals surface area contributed by atoms with E-state index >= 15 is 0 Å². The molecule has 1 heterocycles. The standard InChI is InChI=1S/C19H25N2.BrH/c1-14-19(2,3)18-16-9-7-6-8-15(16)10-11-17(18)21(14)13-12-20(4)5;/h6-11H,12-13H2,1-5H3;1H/q+1;/p-1. The third-order valence-electron chi connectivity index (χ3n) is 4.90. The van der Waals surface area contributed by atoms with Crippen LogP contribution in [0.3, 0.4) is 0 Å². The van der Waals surface area contributed by atoms with Crippen molar-refractivity contribution in [3.8, 4) is 0 Å². The molecule has 3 heteroatoms. The first-order valence-corrected chi connectivity index (χ1v) is 7.71. The van der Waals surface area contributed by atoms with Crippen LogP contribution in [0.5, 0.6) is 0 Å². The smallest absolute Gasteiger partial charge is 0.210 e. The molecule has 0 bridgehead atoms. The molecule has 2 aromatic carbocycles. The molecule has 0 saturated carbocycles. The quantitative estimate of drug-likeness (QED) is 0.734. The molecule has 2 aromatic rings. The lowest BCUT2D eigenvalue weighted by Gasteiger charge is -2.17. The van der Waals surface area contributed by atoms with Crippen molar-refractivity contribution in [1.82, 2.24) is 4.90 Å². The minimum atomic E-state index is 0. The maximum Gasteiger partial charge on any atom is 0.210 e. The predicted molar refractivity (Wildman–Crippen MR) is 91.0 cm³/mol. The molecule has 1 aliphatic rings. The molecule has 0 aliphatic carbocycles. The SMILES string of the molecule is CC1=[N+](CCN(C)C)c2ccc3ccccc3c2C1(C)C.[Br-]. The van der Waals surface area contributed by atoms with E-state index in [2.05, 4.69) is 80.7 Å². The minimum Gasteiger partial charge on any atom is -1.00 e. The third kappa shape index (κ3) is 2.61. The van der Waals surface area contributed by atoms with Crippen LogP contribution in [-0.4, -0.2) is 42.4 Å². The zero-order chi connectivity index (χ0) is 15.2. The van der Waals surface area contributed by atoms with E-state index in [4.69, 9.17) is 0 Å². The van der Waals surface area contributed by atoms with Gasteiger partial charge < -0.3 is 21.9 Å². The lowest BCUT2D eigenvalue weighted by Crippen LogP contribution is -3.00. The lowest BCUT2D eigenvalue weighted by atomic mass is 9.80. The second-order valence-corrected chi connectivity index (χ2v) is 6.85. The van der Waals surface area contributed by atoms with E-state index in [1.165, 1.54) is 27.7 Å². The Morgan fingerprint density at radius 2 is 1.73 bits per heavy atom. The largest absolute Gasteiger partial charge is 1.00 e. The molecule has 0 amide bonds. The average molecular weight is 361 g/mol. The highest BCUT2D eigenvalue weighted by Gasteiger charge is 2.43. The maximum atomic E-state index is 2.50. The topological polar surface area (TPSA) is 6.25 Å². The number of halogens is 1. The summed E-state index contributed by atoms with van der Waals surface area (Å²) in [7, 11) is 4.27. The molecule has 1 aliphatic heterocycles. The summed E-state index contributed by atoms with van der Waals surface area (Å²) in [6.07, 6.45) is 0. The molecule has 0 saturated heterocycles. The highest BCUT2D eigenvalue weighted by Crippen LogP contribution is 2.43. The van der Waals surface area contributed by atoms with Gasteiger partial charge in [0.1, 0.15) is 0 Å². The highest BCUT2D eigenvalue weighted by molar-refractivity contribution is 6.01. The molecule has 0 atom stereocenters. The first kappa shape index (κ1) is 17.2. The number of nitrogens with zero attached hydrogens (tertiary/aromatic N) is 2. The summed E-state index contributed by atoms with van der Waals surface area (Å²) >= 11 is 0. The van der Waals surface area contributed by atoms with Crippen molar-refractivity contribution < 1.29 is 21.6 Å². The van der Waals surface area contributed by atoms with Gasteiger partial charge >= 0.3 is 0 Å². The van der Waals surface area contributed by atoms with Crippen LogP contribution < -0.4 is 17.0 Å². The van der Waals surface area contributed by atoms with Gasteiger partial charge in [-0.05, 0) is 44.8 Å². The van der Waals surface area contributed by atoms with Gasteiger partial charge in [0, 0.05) is 18.6 Å². The summed E-state index contributed by atoms with van der Waals surface area (Å²) in [5, 5.41) is 2.73. The highest BCUT2D eigenvalue weighted by atomic mass is 79.9. The fourth-order valence-electron chi connectivity index (χ4n) is 3.43. The Morgan fingerprint density at radius 3 is 2.41 bits per heavy atom. The average Bonchev–Trinajstić information content (AvgIpc) is 2.65. The number of hydrogen-bond donors (Lipinski definition) is 0. The van der Waals surface area contributed by atoms with Crippen molar-refractivity contribution in [3.05, 3.63) is 42.0 Å². The molecule has 22 heavy (non-hydrogen) atoms. The van der Waals surface area contributed by atoms with Gasteiger partial charge in [0.05, 0.1) is 12.0 Å². The van der Waals surface area contributed by atoms with Gasteiger partial charge in [0.25, 0.3) is 0 Å². The third-order valence-corrected chi connectivity index (χ3v) is 4.90. The molecule has 118 valence electrons. The zero-order valence-corrected chi connectivity index (χ0v) is 15.7. The van der Waals surface area contributed by atoms with Gasteiger partial charge in [0.15, 0.2) is 12.3 Å². The molecule has 2 nitrogen and oxygen atoms in total. The molecule has 0 N–H and O–H groups in total. The normalized spacial score (nSPS) is 16.1. The molecule has 0 fully saturated rings. The Balaban J connectivity index is 0.00000176. The monoisotopic (exact) mass is 360 g/mol. The van der Waals surface area contributed by atoms with Crippen molar-refractivity contribution in [2.75, 3.05) is 27.2 Å². The van der Waals surface area contributed by atoms with Crippen LogP contribution in [0.15, 0.2) is 36.4 Å². The Hall–Kier alpha value is -1.19. The first-order valence-electron chi connectivity index (χ1n) is 7.71. The van der Waals surface area contributed by atoms with E-state index in [9.17, 15) is 0 Å². The van der Waals surface area contributed by atoms with Crippen LogP contribution in [0.4, 0.5) is 5.69 Å². The number of hydrogen-bond acceptors (Lipinski definition) is 1. The molecule has 3 rings (SSSR count). The van der Waals surface area contributed by atoms with Gasteiger partial charge in [-0.1, -0.05) is 24.3 Å². The first-order chi connectivity index (χ1) is 9.93. The summed E-state index contributed by atoms with van der Waals surface area (Å²) in [4.78, 5) is 2.25. The lowest BCUT2D eigenvalue weighted by molar-refractivity contribution is -0.439. The van der Waals surface area contributed by atoms with E-state index in [1.54, 1.807) is 0 Å². The number of benzene rings is 2. The predicted octanol–water partition coefficient (Wildman–Crippen LogP) is 0.802. The summed E-state index contributed by atoms with van der Waals surface area (Å²) in [5.74, 6) is 0. The number of rotatable bonds is 3. The fraction of sp³-hybridized carbons (Fsp3) is 0.421. The molecule has 0 spiro atoms. The number of fused-ring (bicyclic) bond motifs is 3. The van der Waals surface area contributed by atoms with Crippen LogP contribution in [-0.2, 0) is 5.41 Å². The van der Waals surface area contributed by atoms with Gasteiger partial charge in [-0.25, -0.2) is 0 Å². The van der Waals surface area contributed by atoms with Crippen molar-refractivity contribution >= 4 is 22.2 Å².